The van der Waals surface area contributed by atoms with Gasteiger partial charge in [-0.15, -0.1) is 0 Å². The van der Waals surface area contributed by atoms with E-state index in [1.807, 2.05) is 12.1 Å². The zero-order valence-electron chi connectivity index (χ0n) is 18.1. The molecule has 3 heterocycles. The van der Waals surface area contributed by atoms with E-state index in [0.29, 0.717) is 12.6 Å². The molecule has 2 unspecified atom stereocenters. The highest BCUT2D eigenvalue weighted by Gasteiger charge is 2.32. The number of hydrogen-bond acceptors (Lipinski definition) is 5. The molecular weight excluding hydrogens is 364 g/mol. The fourth-order valence-corrected chi connectivity index (χ4v) is 5.24. The van der Waals surface area contributed by atoms with Gasteiger partial charge in [0.2, 0.25) is 5.91 Å². The molecule has 1 aromatic carbocycles. The van der Waals surface area contributed by atoms with Gasteiger partial charge in [-0.05, 0) is 57.0 Å². The molecule has 1 aromatic rings. The third kappa shape index (κ3) is 4.93. The number of likely N-dealkylation sites (N-methyl/N-ethyl adjacent to an activating group) is 1. The molecule has 0 aliphatic carbocycles. The maximum atomic E-state index is 13.1. The number of rotatable bonds is 5. The molecule has 3 fully saturated rings. The first-order valence-corrected chi connectivity index (χ1v) is 11.2. The summed E-state index contributed by atoms with van der Waals surface area (Å²) in [6, 6.07) is 9.12. The molecule has 6 heteroatoms. The minimum Gasteiger partial charge on any atom is -0.497 e. The molecule has 1 amide bonds. The van der Waals surface area contributed by atoms with Gasteiger partial charge in [0.15, 0.2) is 0 Å². The number of likely N-dealkylation sites (tertiary alicyclic amines) is 2. The van der Waals surface area contributed by atoms with E-state index >= 15 is 0 Å². The number of hydrogen-bond donors (Lipinski definition) is 0. The first-order chi connectivity index (χ1) is 14.1. The maximum Gasteiger partial charge on any atom is 0.237 e. The second-order valence-corrected chi connectivity index (χ2v) is 8.89. The van der Waals surface area contributed by atoms with Crippen molar-refractivity contribution in [3.05, 3.63) is 29.8 Å². The van der Waals surface area contributed by atoms with Crippen LogP contribution in [0.2, 0.25) is 0 Å². The summed E-state index contributed by atoms with van der Waals surface area (Å²) in [6.07, 6.45) is 4.77. The molecule has 0 saturated carbocycles. The number of benzene rings is 1. The van der Waals surface area contributed by atoms with Crippen LogP contribution >= 0.6 is 0 Å². The number of amides is 1. The Morgan fingerprint density at radius 1 is 1.00 bits per heavy atom. The highest BCUT2D eigenvalue weighted by molar-refractivity contribution is 5.79. The first kappa shape index (κ1) is 20.6. The van der Waals surface area contributed by atoms with Crippen LogP contribution in [0.3, 0.4) is 0 Å². The predicted molar refractivity (Wildman–Crippen MR) is 115 cm³/mol. The molecule has 3 aliphatic rings. The lowest BCUT2D eigenvalue weighted by molar-refractivity contribution is -0.133. The zero-order valence-corrected chi connectivity index (χ0v) is 18.1. The summed E-state index contributed by atoms with van der Waals surface area (Å²) < 4.78 is 5.27. The van der Waals surface area contributed by atoms with Gasteiger partial charge in [-0.25, -0.2) is 0 Å². The molecule has 0 N–H and O–H groups in total. The van der Waals surface area contributed by atoms with E-state index in [2.05, 4.69) is 38.8 Å². The van der Waals surface area contributed by atoms with E-state index in [1.165, 1.54) is 31.5 Å². The van der Waals surface area contributed by atoms with Crippen LogP contribution in [0.15, 0.2) is 24.3 Å². The summed E-state index contributed by atoms with van der Waals surface area (Å²) >= 11 is 0. The van der Waals surface area contributed by atoms with Gasteiger partial charge in [-0.3, -0.25) is 14.6 Å². The number of ether oxygens (including phenoxy) is 1. The number of piperidine rings is 1. The monoisotopic (exact) mass is 400 g/mol. The maximum absolute atomic E-state index is 13.1. The van der Waals surface area contributed by atoms with Crippen molar-refractivity contribution in [2.24, 2.45) is 0 Å². The van der Waals surface area contributed by atoms with Crippen molar-refractivity contribution < 1.29 is 9.53 Å². The third-order valence-electron chi connectivity index (χ3n) is 6.96. The summed E-state index contributed by atoms with van der Waals surface area (Å²) in [5.41, 5.74) is 1.22. The molecule has 160 valence electrons. The highest BCUT2D eigenvalue weighted by Crippen LogP contribution is 2.33. The zero-order chi connectivity index (χ0) is 20.2. The fourth-order valence-electron chi connectivity index (χ4n) is 5.24. The Hall–Kier alpha value is -1.63. The number of nitrogens with zero attached hydrogens (tertiary/aromatic N) is 4. The molecule has 29 heavy (non-hydrogen) atoms. The predicted octanol–water partition coefficient (Wildman–Crippen LogP) is 2.07. The molecular formula is C23H36N4O2. The minimum absolute atomic E-state index is 0.215. The van der Waals surface area contributed by atoms with Gasteiger partial charge in [-0.2, -0.15) is 0 Å². The van der Waals surface area contributed by atoms with E-state index < -0.39 is 0 Å². The third-order valence-corrected chi connectivity index (χ3v) is 6.96. The summed E-state index contributed by atoms with van der Waals surface area (Å²) in [7, 11) is 3.92. The summed E-state index contributed by atoms with van der Waals surface area (Å²) in [4.78, 5) is 22.6. The van der Waals surface area contributed by atoms with Crippen LogP contribution in [0.5, 0.6) is 5.75 Å². The van der Waals surface area contributed by atoms with Gasteiger partial charge in [0.25, 0.3) is 0 Å². The number of carbonyl (C=O) groups excluding carboxylic acids is 1. The van der Waals surface area contributed by atoms with Gasteiger partial charge >= 0.3 is 0 Å². The van der Waals surface area contributed by atoms with Crippen LogP contribution in [0.4, 0.5) is 0 Å². The fraction of sp³-hybridized carbons (Fsp3) is 0.696. The lowest BCUT2D eigenvalue weighted by atomic mass is 10.0. The SMILES string of the molecule is COc1ccc(C2CCCN2C(=O)CN2CCN(C3CCCN(C)C3)CC2)cc1. The van der Waals surface area contributed by atoms with Crippen molar-refractivity contribution in [3.63, 3.8) is 0 Å². The van der Waals surface area contributed by atoms with Gasteiger partial charge in [0, 0.05) is 45.3 Å². The molecule has 6 nitrogen and oxygen atoms in total. The standard InChI is InChI=1S/C23H36N4O2/c1-24-11-3-5-20(17-24)26-15-13-25(14-16-26)18-23(28)27-12-4-6-22(27)19-7-9-21(29-2)10-8-19/h7-10,20,22H,3-6,11-18H2,1-2H3. The first-order valence-electron chi connectivity index (χ1n) is 11.2. The molecule has 0 radical (unpaired) electrons. The van der Waals surface area contributed by atoms with Crippen LogP contribution in [-0.4, -0.2) is 98.1 Å². The van der Waals surface area contributed by atoms with Gasteiger partial charge in [0.05, 0.1) is 19.7 Å². The van der Waals surface area contributed by atoms with Crippen LogP contribution in [0.1, 0.15) is 37.3 Å². The number of methoxy groups -OCH3 is 1. The van der Waals surface area contributed by atoms with Crippen molar-refractivity contribution >= 4 is 5.91 Å². The summed E-state index contributed by atoms with van der Waals surface area (Å²) in [5.74, 6) is 1.15. The van der Waals surface area contributed by atoms with Crippen molar-refractivity contribution in [1.82, 2.24) is 19.6 Å². The number of piperazine rings is 1. The lowest BCUT2D eigenvalue weighted by Crippen LogP contribution is -2.55. The van der Waals surface area contributed by atoms with Crippen molar-refractivity contribution in [2.45, 2.75) is 37.8 Å². The van der Waals surface area contributed by atoms with Crippen LogP contribution in [0, 0.1) is 0 Å². The van der Waals surface area contributed by atoms with Crippen molar-refractivity contribution in [3.8, 4) is 5.75 Å². The normalized spacial score (nSPS) is 27.3. The number of carbonyl (C=O) groups is 1. The Kier molecular flexibility index (Phi) is 6.73. The van der Waals surface area contributed by atoms with E-state index in [4.69, 9.17) is 4.74 Å². The Morgan fingerprint density at radius 2 is 1.72 bits per heavy atom. The minimum atomic E-state index is 0.215. The molecule has 0 spiro atoms. The van der Waals surface area contributed by atoms with Crippen LogP contribution in [0.25, 0.3) is 0 Å². The van der Waals surface area contributed by atoms with Gasteiger partial charge in [0.1, 0.15) is 5.75 Å². The Labute approximate surface area is 175 Å². The second-order valence-electron chi connectivity index (χ2n) is 8.89. The highest BCUT2D eigenvalue weighted by atomic mass is 16.5. The molecule has 3 saturated heterocycles. The Morgan fingerprint density at radius 3 is 2.41 bits per heavy atom. The molecule has 0 aromatic heterocycles. The van der Waals surface area contributed by atoms with Gasteiger partial charge < -0.3 is 14.5 Å². The van der Waals surface area contributed by atoms with E-state index in [-0.39, 0.29) is 11.9 Å². The summed E-state index contributed by atoms with van der Waals surface area (Å²) in [5, 5.41) is 0. The average Bonchev–Trinajstić information content (AvgIpc) is 3.24. The quantitative estimate of drug-likeness (QED) is 0.757. The van der Waals surface area contributed by atoms with Crippen LogP contribution < -0.4 is 4.74 Å². The summed E-state index contributed by atoms with van der Waals surface area (Å²) in [6.45, 7) is 8.06. The average molecular weight is 401 g/mol. The smallest absolute Gasteiger partial charge is 0.237 e. The van der Waals surface area contributed by atoms with E-state index in [9.17, 15) is 4.79 Å². The van der Waals surface area contributed by atoms with E-state index in [1.54, 1.807) is 7.11 Å². The van der Waals surface area contributed by atoms with E-state index in [0.717, 1.165) is 51.3 Å². The Bertz CT molecular complexity index is 672. The largest absolute Gasteiger partial charge is 0.497 e. The van der Waals surface area contributed by atoms with Crippen LogP contribution in [-0.2, 0) is 4.79 Å². The Balaban J connectivity index is 1.28. The van der Waals surface area contributed by atoms with Gasteiger partial charge in [-0.1, -0.05) is 12.1 Å². The molecule has 4 rings (SSSR count). The second kappa shape index (κ2) is 9.45. The lowest BCUT2D eigenvalue weighted by Gasteiger charge is -2.42. The molecule has 0 bridgehead atoms. The molecule has 3 aliphatic heterocycles. The topological polar surface area (TPSA) is 39.3 Å². The molecule has 2 atom stereocenters. The van der Waals surface area contributed by atoms with Crippen molar-refractivity contribution in [2.75, 3.05) is 66.5 Å². The van der Waals surface area contributed by atoms with Crippen molar-refractivity contribution in [1.29, 1.82) is 0 Å².